The SMILES string of the molecule is CC(=O)NC1CCCC1C(=O)N[C@@H](CCCCC(=O)O)C(=O)NC1CNCC1C(=O)N[C@@H](Cc1ccc(O)cc1)C(=O)NC1CCCC1C(=O)N[C@@H](CCCCN)C(=O)NC1CNCC1C(=O)N[C@@H](C)C(N)=O. The molecule has 404 valence electrons. The Morgan fingerprint density at radius 1 is 0.589 bits per heavy atom. The van der Waals surface area contributed by atoms with Gasteiger partial charge in [-0.3, -0.25) is 47.9 Å². The van der Waals surface area contributed by atoms with Crippen molar-refractivity contribution in [2.45, 2.75) is 152 Å². The van der Waals surface area contributed by atoms with Crippen LogP contribution in [0.5, 0.6) is 5.75 Å². The molecule has 4 fully saturated rings. The third-order valence-corrected chi connectivity index (χ3v) is 14.3. The van der Waals surface area contributed by atoms with Crippen molar-refractivity contribution in [1.29, 1.82) is 0 Å². The van der Waals surface area contributed by atoms with Crippen LogP contribution in [0, 0.1) is 23.7 Å². The monoisotopic (exact) mass is 1020 g/mol. The van der Waals surface area contributed by atoms with E-state index in [9.17, 15) is 58.2 Å². The highest BCUT2D eigenvalue weighted by Gasteiger charge is 2.42. The third-order valence-electron chi connectivity index (χ3n) is 14.3. The highest BCUT2D eigenvalue weighted by atomic mass is 16.4. The summed E-state index contributed by atoms with van der Waals surface area (Å²) in [5.41, 5.74) is 11.7. The van der Waals surface area contributed by atoms with E-state index in [1.807, 2.05) is 0 Å². The molecule has 2 saturated heterocycles. The summed E-state index contributed by atoms with van der Waals surface area (Å²) in [6.07, 6.45) is 5.08. The van der Waals surface area contributed by atoms with Crippen LogP contribution in [-0.2, 0) is 54.4 Å². The number of aromatic hydroxyl groups is 1. The maximum absolute atomic E-state index is 14.4. The quantitative estimate of drug-likeness (QED) is 0.0395. The molecule has 12 atom stereocenters. The van der Waals surface area contributed by atoms with Crippen LogP contribution in [0.25, 0.3) is 0 Å². The topological polar surface area (TPSA) is 383 Å². The smallest absolute Gasteiger partial charge is 0.303 e. The molecule has 24 nitrogen and oxygen atoms in total. The Morgan fingerprint density at radius 3 is 1.53 bits per heavy atom. The Morgan fingerprint density at radius 2 is 1.04 bits per heavy atom. The fourth-order valence-electron chi connectivity index (χ4n) is 10.2. The first-order valence-corrected chi connectivity index (χ1v) is 25.6. The van der Waals surface area contributed by atoms with Gasteiger partial charge in [-0.15, -0.1) is 0 Å². The van der Waals surface area contributed by atoms with Gasteiger partial charge in [0.2, 0.25) is 53.2 Å². The van der Waals surface area contributed by atoms with Crippen molar-refractivity contribution >= 4 is 59.1 Å². The fourth-order valence-corrected chi connectivity index (χ4v) is 10.2. The molecule has 2 heterocycles. The number of unbranched alkanes of at least 4 members (excludes halogenated alkanes) is 2. The summed E-state index contributed by atoms with van der Waals surface area (Å²) >= 11 is 0. The number of hydrogen-bond acceptors (Lipinski definition) is 14. The van der Waals surface area contributed by atoms with Crippen LogP contribution in [-0.4, -0.2) is 150 Å². The number of carbonyl (C=O) groups excluding carboxylic acids is 9. The molecule has 0 radical (unpaired) electrons. The number of hydrogen-bond donors (Lipinski definition) is 14. The lowest BCUT2D eigenvalue weighted by atomic mass is 9.97. The minimum Gasteiger partial charge on any atom is -0.508 e. The van der Waals surface area contributed by atoms with Crippen LogP contribution in [0.2, 0.25) is 0 Å². The van der Waals surface area contributed by atoms with Crippen molar-refractivity contribution in [3.63, 3.8) is 0 Å². The predicted molar refractivity (Wildman–Crippen MR) is 264 cm³/mol. The molecule has 2 aliphatic heterocycles. The number of phenols is 1. The molecule has 1 aromatic rings. The Balaban J connectivity index is 1.26. The molecule has 0 spiro atoms. The summed E-state index contributed by atoms with van der Waals surface area (Å²) in [6, 6.07) is -0.577. The lowest BCUT2D eigenvalue weighted by Crippen LogP contribution is -2.58. The number of amides is 9. The third kappa shape index (κ3) is 17.4. The zero-order valence-corrected chi connectivity index (χ0v) is 41.8. The molecule has 2 saturated carbocycles. The standard InChI is InChI=1S/C49H76N12O12/c1-26(42(51)66)54-45(69)32-22-52-24-39(32)60-48(72)37(12-5-6-20-50)58-44(68)31-10-8-14-35(31)56-49(73)38(21-28-16-18-29(63)19-17-28)59-46(70)33-23-53-25-40(33)61-47(71)36(11-3-4-15-41(64)65)57-43(67)30-9-7-13-34(30)55-27(2)62/h16-19,26,30-40,52-53,63H,3-15,20-25,50H2,1-2H3,(H2,51,66)(H,54,69)(H,55,62)(H,56,73)(H,57,67)(H,58,68)(H,59,70)(H,60,72)(H,61,71)(H,64,65)/t26-,30?,31?,32?,33?,34?,35?,36-,37-,38-,39?,40?/m0/s1. The van der Waals surface area contributed by atoms with Crippen LogP contribution in [0.3, 0.4) is 0 Å². The van der Waals surface area contributed by atoms with Crippen molar-refractivity contribution in [2.75, 3.05) is 32.7 Å². The van der Waals surface area contributed by atoms with Crippen LogP contribution in [0.1, 0.15) is 103 Å². The number of carbonyl (C=O) groups is 10. The number of nitrogens with two attached hydrogens (primary N) is 2. The van der Waals surface area contributed by atoms with Gasteiger partial charge in [-0.25, -0.2) is 0 Å². The molecule has 0 bridgehead atoms. The highest BCUT2D eigenvalue weighted by Crippen LogP contribution is 2.28. The lowest BCUT2D eigenvalue weighted by molar-refractivity contribution is -0.137. The van der Waals surface area contributed by atoms with Gasteiger partial charge >= 0.3 is 5.97 Å². The summed E-state index contributed by atoms with van der Waals surface area (Å²) in [7, 11) is 0. The maximum Gasteiger partial charge on any atom is 0.303 e. The number of carboxylic acid groups (broad SMARTS) is 1. The summed E-state index contributed by atoms with van der Waals surface area (Å²) in [6.45, 7) is 4.01. The molecule has 2 aliphatic carbocycles. The van der Waals surface area contributed by atoms with E-state index in [0.29, 0.717) is 69.9 Å². The number of primary amides is 1. The zero-order chi connectivity index (χ0) is 53.2. The molecule has 8 unspecified atom stereocenters. The van der Waals surface area contributed by atoms with E-state index in [0.717, 1.165) is 0 Å². The molecular weight excluding hydrogens is 949 g/mol. The number of aliphatic carboxylic acids is 1. The first kappa shape index (κ1) is 57.5. The van der Waals surface area contributed by atoms with Crippen LogP contribution < -0.4 is 64.6 Å². The number of carboxylic acids is 1. The van der Waals surface area contributed by atoms with E-state index in [-0.39, 0.29) is 69.9 Å². The van der Waals surface area contributed by atoms with E-state index in [4.69, 9.17) is 11.5 Å². The zero-order valence-electron chi connectivity index (χ0n) is 41.8. The van der Waals surface area contributed by atoms with Gasteiger partial charge in [-0.2, -0.15) is 0 Å². The van der Waals surface area contributed by atoms with E-state index < -0.39 is 125 Å². The number of phenolic OH excluding ortho intramolecular Hbond substituents is 1. The minimum absolute atomic E-state index is 0.00792. The number of rotatable bonds is 27. The first-order chi connectivity index (χ1) is 34.8. The summed E-state index contributed by atoms with van der Waals surface area (Å²) < 4.78 is 0. The molecule has 4 aliphatic rings. The van der Waals surface area contributed by atoms with Gasteiger partial charge < -0.3 is 74.8 Å². The van der Waals surface area contributed by atoms with E-state index in [1.165, 1.54) is 26.0 Å². The second-order valence-electron chi connectivity index (χ2n) is 19.9. The van der Waals surface area contributed by atoms with Gasteiger partial charge in [0.15, 0.2) is 0 Å². The highest BCUT2D eigenvalue weighted by molar-refractivity contribution is 5.93. The molecule has 9 amide bonds. The summed E-state index contributed by atoms with van der Waals surface area (Å²) in [4.78, 5) is 132. The van der Waals surface area contributed by atoms with Crippen LogP contribution in [0.4, 0.5) is 0 Å². The van der Waals surface area contributed by atoms with Crippen molar-refractivity contribution in [3.05, 3.63) is 29.8 Å². The molecular formula is C49H76N12O12. The second-order valence-corrected chi connectivity index (χ2v) is 19.9. The summed E-state index contributed by atoms with van der Waals surface area (Å²) in [5, 5.41) is 48.1. The van der Waals surface area contributed by atoms with E-state index in [1.54, 1.807) is 12.1 Å². The lowest BCUT2D eigenvalue weighted by Gasteiger charge is -2.28. The summed E-state index contributed by atoms with van der Waals surface area (Å²) in [5.74, 6) is -8.49. The Labute approximate surface area is 424 Å². The molecule has 0 aromatic heterocycles. The molecule has 16 N–H and O–H groups in total. The van der Waals surface area contributed by atoms with Crippen molar-refractivity contribution in [1.82, 2.24) is 53.2 Å². The van der Waals surface area contributed by atoms with Crippen molar-refractivity contribution < 1.29 is 58.2 Å². The Kier molecular flexibility index (Phi) is 22.2. The van der Waals surface area contributed by atoms with Gasteiger partial charge in [0.05, 0.1) is 35.8 Å². The van der Waals surface area contributed by atoms with Gasteiger partial charge in [0.1, 0.15) is 29.9 Å². The van der Waals surface area contributed by atoms with Crippen molar-refractivity contribution in [2.24, 2.45) is 35.1 Å². The van der Waals surface area contributed by atoms with Gasteiger partial charge in [0, 0.05) is 58.0 Å². The average molecular weight is 1030 g/mol. The van der Waals surface area contributed by atoms with Crippen LogP contribution >= 0.6 is 0 Å². The molecule has 73 heavy (non-hydrogen) atoms. The first-order valence-electron chi connectivity index (χ1n) is 25.6. The minimum atomic E-state index is -1.19. The number of benzene rings is 1. The molecule has 5 rings (SSSR count). The Hall–Kier alpha value is -6.40. The van der Waals surface area contributed by atoms with Crippen LogP contribution in [0.15, 0.2) is 24.3 Å². The van der Waals surface area contributed by atoms with Gasteiger partial charge in [0.25, 0.3) is 0 Å². The maximum atomic E-state index is 14.4. The van der Waals surface area contributed by atoms with Gasteiger partial charge in [-0.1, -0.05) is 31.4 Å². The Bertz CT molecular complexity index is 2130. The molecule has 1 aromatic carbocycles. The van der Waals surface area contributed by atoms with Gasteiger partial charge in [-0.05, 0) is 89.0 Å². The van der Waals surface area contributed by atoms with E-state index >= 15 is 0 Å². The predicted octanol–water partition coefficient (Wildman–Crippen LogP) is -2.85. The fraction of sp³-hybridized carbons (Fsp3) is 0.673. The normalized spacial score (nSPS) is 25.0. The average Bonchev–Trinajstić information content (AvgIpc) is 4.19. The van der Waals surface area contributed by atoms with Crippen molar-refractivity contribution in [3.8, 4) is 5.75 Å². The number of nitrogens with one attached hydrogen (secondary N) is 10. The molecule has 24 heteroatoms. The largest absolute Gasteiger partial charge is 0.508 e. The second kappa shape index (κ2) is 28.2. The van der Waals surface area contributed by atoms with E-state index in [2.05, 4.69) is 53.2 Å².